The Morgan fingerprint density at radius 2 is 2.10 bits per heavy atom. The van der Waals surface area contributed by atoms with Crippen molar-refractivity contribution in [2.45, 2.75) is 26.3 Å². The third-order valence-electron chi connectivity index (χ3n) is 3.20. The number of aliphatic imine (C=N–C) groups is 1. The highest BCUT2D eigenvalue weighted by Gasteiger charge is 2.21. The normalized spacial score (nSPS) is 14.2. The van der Waals surface area contributed by atoms with Gasteiger partial charge in [-0.25, -0.2) is 4.99 Å². The Morgan fingerprint density at radius 1 is 1.38 bits per heavy atom. The van der Waals surface area contributed by atoms with E-state index in [2.05, 4.69) is 15.6 Å². The molecule has 0 atom stereocenters. The second-order valence-corrected chi connectivity index (χ2v) is 4.91. The third kappa shape index (κ3) is 5.86. The van der Waals surface area contributed by atoms with Crippen LogP contribution in [0.5, 0.6) is 0 Å². The van der Waals surface area contributed by atoms with E-state index in [0.717, 1.165) is 25.0 Å². The van der Waals surface area contributed by atoms with Crippen molar-refractivity contribution >= 4 is 35.6 Å². The van der Waals surface area contributed by atoms with Gasteiger partial charge in [0.1, 0.15) is 0 Å². The fourth-order valence-electron chi connectivity index (χ4n) is 1.89. The second kappa shape index (κ2) is 8.81. The molecule has 1 aliphatic rings. The van der Waals surface area contributed by atoms with Crippen molar-refractivity contribution in [1.82, 2.24) is 10.6 Å². The molecule has 7 heteroatoms. The number of nitrogens with zero attached hydrogens (tertiary/aromatic N) is 2. The molecule has 1 fully saturated rings. The standard InChI is InChI=1S/C14H20N4O2.HI/c1-2-15-14(16-9-11-7-8-11)17-10-12-5-3-4-6-13(12)18(19)20;/h3-6,11H,2,7-10H2,1H3,(H2,15,16,17);1H. The number of nitro benzene ring substituents is 1. The van der Waals surface area contributed by atoms with Crippen LogP contribution in [0.2, 0.25) is 0 Å². The zero-order valence-electron chi connectivity index (χ0n) is 12.0. The number of hydrogen-bond donors (Lipinski definition) is 2. The first-order valence-electron chi connectivity index (χ1n) is 6.95. The molecule has 116 valence electrons. The molecule has 6 nitrogen and oxygen atoms in total. The number of rotatable bonds is 6. The van der Waals surface area contributed by atoms with E-state index in [1.165, 1.54) is 18.9 Å². The fraction of sp³-hybridized carbons (Fsp3) is 0.500. The zero-order valence-corrected chi connectivity index (χ0v) is 14.4. The largest absolute Gasteiger partial charge is 0.357 e. The molecule has 1 aliphatic carbocycles. The third-order valence-corrected chi connectivity index (χ3v) is 3.20. The van der Waals surface area contributed by atoms with E-state index in [9.17, 15) is 10.1 Å². The molecular formula is C14H21IN4O2. The average molecular weight is 404 g/mol. The average Bonchev–Trinajstić information content (AvgIpc) is 3.26. The summed E-state index contributed by atoms with van der Waals surface area (Å²) < 4.78 is 0. The minimum atomic E-state index is -0.366. The summed E-state index contributed by atoms with van der Waals surface area (Å²) in [7, 11) is 0. The summed E-state index contributed by atoms with van der Waals surface area (Å²) in [5.74, 6) is 1.47. The summed E-state index contributed by atoms with van der Waals surface area (Å²) >= 11 is 0. The number of hydrogen-bond acceptors (Lipinski definition) is 3. The van der Waals surface area contributed by atoms with Crippen LogP contribution in [0.4, 0.5) is 5.69 Å². The molecule has 0 radical (unpaired) electrons. The van der Waals surface area contributed by atoms with Gasteiger partial charge in [-0.15, -0.1) is 24.0 Å². The lowest BCUT2D eigenvalue weighted by molar-refractivity contribution is -0.385. The van der Waals surface area contributed by atoms with Gasteiger partial charge in [0, 0.05) is 19.2 Å². The van der Waals surface area contributed by atoms with Crippen LogP contribution in [-0.4, -0.2) is 24.0 Å². The van der Waals surface area contributed by atoms with E-state index in [0.29, 0.717) is 12.1 Å². The van der Waals surface area contributed by atoms with Crippen LogP contribution in [0.1, 0.15) is 25.3 Å². The first-order valence-corrected chi connectivity index (χ1v) is 6.95. The molecule has 0 heterocycles. The fourth-order valence-corrected chi connectivity index (χ4v) is 1.89. The Bertz CT molecular complexity index is 504. The minimum absolute atomic E-state index is 0. The summed E-state index contributed by atoms with van der Waals surface area (Å²) in [4.78, 5) is 15.0. The number of guanidine groups is 1. The maximum atomic E-state index is 10.9. The molecule has 0 aromatic heterocycles. The quantitative estimate of drug-likeness (QED) is 0.251. The lowest BCUT2D eigenvalue weighted by Gasteiger charge is -2.10. The topological polar surface area (TPSA) is 79.6 Å². The molecule has 2 rings (SSSR count). The Hall–Kier alpha value is -1.38. The van der Waals surface area contributed by atoms with E-state index in [1.807, 2.05) is 6.92 Å². The van der Waals surface area contributed by atoms with E-state index in [-0.39, 0.29) is 34.6 Å². The first-order chi connectivity index (χ1) is 9.70. The lowest BCUT2D eigenvalue weighted by atomic mass is 10.2. The van der Waals surface area contributed by atoms with Gasteiger partial charge in [-0.1, -0.05) is 18.2 Å². The summed E-state index contributed by atoms with van der Waals surface area (Å²) in [5.41, 5.74) is 0.746. The van der Waals surface area contributed by atoms with Gasteiger partial charge in [0.05, 0.1) is 17.0 Å². The van der Waals surface area contributed by atoms with Crippen molar-refractivity contribution in [3.63, 3.8) is 0 Å². The number of para-hydroxylation sites is 1. The number of nitro groups is 1. The highest BCUT2D eigenvalue weighted by molar-refractivity contribution is 14.0. The number of halogens is 1. The SMILES string of the molecule is CCNC(=NCc1ccccc1[N+](=O)[O-])NCC1CC1.I. The van der Waals surface area contributed by atoms with Crippen molar-refractivity contribution < 1.29 is 4.92 Å². The van der Waals surface area contributed by atoms with Crippen LogP contribution >= 0.6 is 24.0 Å². The molecule has 21 heavy (non-hydrogen) atoms. The monoisotopic (exact) mass is 404 g/mol. The number of benzene rings is 1. The van der Waals surface area contributed by atoms with Crippen LogP contribution < -0.4 is 10.6 Å². The minimum Gasteiger partial charge on any atom is -0.357 e. The van der Waals surface area contributed by atoms with Gasteiger partial charge in [0.15, 0.2) is 5.96 Å². The van der Waals surface area contributed by atoms with Crippen molar-refractivity contribution in [2.24, 2.45) is 10.9 Å². The molecule has 0 unspecified atom stereocenters. The predicted octanol–water partition coefficient (Wildman–Crippen LogP) is 2.68. The van der Waals surface area contributed by atoms with E-state index >= 15 is 0 Å². The van der Waals surface area contributed by atoms with Crippen LogP contribution in [0.3, 0.4) is 0 Å². The molecule has 0 bridgehead atoms. The van der Waals surface area contributed by atoms with Gasteiger partial charge in [0.25, 0.3) is 5.69 Å². The van der Waals surface area contributed by atoms with Crippen molar-refractivity contribution in [2.75, 3.05) is 13.1 Å². The van der Waals surface area contributed by atoms with Gasteiger partial charge in [0.2, 0.25) is 0 Å². The van der Waals surface area contributed by atoms with Gasteiger partial charge >= 0.3 is 0 Å². The zero-order chi connectivity index (χ0) is 14.4. The maximum absolute atomic E-state index is 10.9. The van der Waals surface area contributed by atoms with E-state index in [4.69, 9.17) is 0 Å². The lowest BCUT2D eigenvalue weighted by Crippen LogP contribution is -2.38. The number of nitrogens with one attached hydrogen (secondary N) is 2. The molecule has 1 aromatic carbocycles. The van der Waals surface area contributed by atoms with E-state index in [1.54, 1.807) is 18.2 Å². The first kappa shape index (κ1) is 17.7. The van der Waals surface area contributed by atoms with Crippen LogP contribution in [-0.2, 0) is 6.54 Å². The van der Waals surface area contributed by atoms with Crippen LogP contribution in [0, 0.1) is 16.0 Å². The summed E-state index contributed by atoms with van der Waals surface area (Å²) in [5, 5.41) is 17.4. The Kier molecular flexibility index (Phi) is 7.41. The Morgan fingerprint density at radius 3 is 2.71 bits per heavy atom. The van der Waals surface area contributed by atoms with Crippen LogP contribution in [0.15, 0.2) is 29.3 Å². The summed E-state index contributed by atoms with van der Waals surface area (Å²) in [6, 6.07) is 6.71. The molecule has 1 aromatic rings. The van der Waals surface area contributed by atoms with Crippen molar-refractivity contribution in [3.8, 4) is 0 Å². The smallest absolute Gasteiger partial charge is 0.274 e. The molecule has 1 saturated carbocycles. The molecule has 0 spiro atoms. The molecular weight excluding hydrogens is 383 g/mol. The Labute approximate surface area is 141 Å². The molecule has 0 amide bonds. The van der Waals surface area contributed by atoms with Crippen molar-refractivity contribution in [3.05, 3.63) is 39.9 Å². The Balaban J connectivity index is 0.00000220. The molecule has 2 N–H and O–H groups in total. The second-order valence-electron chi connectivity index (χ2n) is 4.91. The molecule has 0 aliphatic heterocycles. The maximum Gasteiger partial charge on any atom is 0.274 e. The van der Waals surface area contributed by atoms with Gasteiger partial charge in [-0.2, -0.15) is 0 Å². The van der Waals surface area contributed by atoms with E-state index < -0.39 is 0 Å². The molecule has 0 saturated heterocycles. The van der Waals surface area contributed by atoms with Crippen molar-refractivity contribution in [1.29, 1.82) is 0 Å². The predicted molar refractivity (Wildman–Crippen MR) is 94.1 cm³/mol. The summed E-state index contributed by atoms with van der Waals surface area (Å²) in [6.45, 7) is 3.99. The summed E-state index contributed by atoms with van der Waals surface area (Å²) in [6.07, 6.45) is 2.55. The van der Waals surface area contributed by atoms with Gasteiger partial charge in [-0.3, -0.25) is 10.1 Å². The van der Waals surface area contributed by atoms with Gasteiger partial charge < -0.3 is 10.6 Å². The van der Waals surface area contributed by atoms with Crippen LogP contribution in [0.25, 0.3) is 0 Å². The highest BCUT2D eigenvalue weighted by atomic mass is 127. The van der Waals surface area contributed by atoms with Gasteiger partial charge in [-0.05, 0) is 25.7 Å². The highest BCUT2D eigenvalue weighted by Crippen LogP contribution is 2.27.